The largest absolute Gasteiger partial charge is 0.299 e. The van der Waals surface area contributed by atoms with E-state index in [4.69, 9.17) is 0 Å². The summed E-state index contributed by atoms with van der Waals surface area (Å²) >= 11 is 0. The van der Waals surface area contributed by atoms with Gasteiger partial charge in [0.1, 0.15) is 11.5 Å². The van der Waals surface area contributed by atoms with Crippen LogP contribution in [0, 0.1) is 23.0 Å². The first-order chi connectivity index (χ1) is 7.58. The Hall–Kier alpha value is -1.78. The van der Waals surface area contributed by atoms with E-state index in [1.165, 1.54) is 6.07 Å². The van der Waals surface area contributed by atoms with Crippen LogP contribution in [0.15, 0.2) is 12.3 Å². The van der Waals surface area contributed by atoms with Crippen molar-refractivity contribution in [3.63, 3.8) is 0 Å². The number of ketones is 1. The summed E-state index contributed by atoms with van der Waals surface area (Å²) in [5.41, 5.74) is 0.968. The zero-order valence-electron chi connectivity index (χ0n) is 8.97. The number of Topliss-reactive ketones (excluding diaryl/α,β-unsaturated/α-hetero) is 1. The van der Waals surface area contributed by atoms with Crippen molar-refractivity contribution in [3.8, 4) is 0 Å². The molecule has 1 aromatic rings. The van der Waals surface area contributed by atoms with Gasteiger partial charge in [-0.25, -0.2) is 0 Å². The molecule has 5 nitrogen and oxygen atoms in total. The molecule has 0 saturated heterocycles. The minimum atomic E-state index is -0.477. The highest BCUT2D eigenvalue weighted by atomic mass is 16.6. The van der Waals surface area contributed by atoms with Crippen molar-refractivity contribution in [3.05, 3.63) is 33.6 Å². The molecule has 0 bridgehead atoms. The monoisotopic (exact) mass is 220 g/mol. The number of carbonyl (C=O) groups is 1. The third kappa shape index (κ3) is 2.24. The summed E-state index contributed by atoms with van der Waals surface area (Å²) in [7, 11) is 0. The normalized spacial score (nSPS) is 14.8. The molecule has 5 heteroatoms. The molecule has 1 aromatic heterocycles. The minimum Gasteiger partial charge on any atom is -0.299 e. The number of pyridine rings is 1. The molecular formula is C11H12N2O3. The van der Waals surface area contributed by atoms with E-state index in [1.54, 1.807) is 13.1 Å². The minimum absolute atomic E-state index is 0.0472. The molecule has 0 unspecified atom stereocenters. The molecule has 0 amide bonds. The van der Waals surface area contributed by atoms with E-state index >= 15 is 0 Å². The van der Waals surface area contributed by atoms with Crippen LogP contribution in [0.3, 0.4) is 0 Å². The molecule has 16 heavy (non-hydrogen) atoms. The first-order valence-electron chi connectivity index (χ1n) is 5.20. The van der Waals surface area contributed by atoms with E-state index in [-0.39, 0.29) is 29.5 Å². The maximum absolute atomic E-state index is 11.6. The average molecular weight is 220 g/mol. The van der Waals surface area contributed by atoms with Gasteiger partial charge in [-0.2, -0.15) is 0 Å². The predicted molar refractivity (Wildman–Crippen MR) is 57.1 cm³/mol. The van der Waals surface area contributed by atoms with Gasteiger partial charge < -0.3 is 0 Å². The van der Waals surface area contributed by atoms with Gasteiger partial charge >= 0.3 is 0 Å². The Labute approximate surface area is 92.6 Å². The molecule has 0 radical (unpaired) electrons. The molecule has 1 saturated carbocycles. The number of carbonyl (C=O) groups excluding carboxylic acids is 1. The van der Waals surface area contributed by atoms with Crippen LogP contribution >= 0.6 is 0 Å². The summed E-state index contributed by atoms with van der Waals surface area (Å²) in [6.45, 7) is 1.74. The first kappa shape index (κ1) is 10.7. The van der Waals surface area contributed by atoms with E-state index in [0.29, 0.717) is 0 Å². The smallest absolute Gasteiger partial charge is 0.291 e. The highest BCUT2D eigenvalue weighted by molar-refractivity contribution is 5.85. The quantitative estimate of drug-likeness (QED) is 0.573. The lowest BCUT2D eigenvalue weighted by molar-refractivity contribution is -0.385. The van der Waals surface area contributed by atoms with Crippen LogP contribution in [0.1, 0.15) is 24.1 Å². The Morgan fingerprint density at radius 3 is 2.88 bits per heavy atom. The van der Waals surface area contributed by atoms with Gasteiger partial charge in [0.05, 0.1) is 11.3 Å². The number of hydrogen-bond acceptors (Lipinski definition) is 4. The molecule has 1 aliphatic carbocycles. The van der Waals surface area contributed by atoms with Crippen LogP contribution < -0.4 is 0 Å². The lowest BCUT2D eigenvalue weighted by atomic mass is 10.1. The number of rotatable bonds is 4. The number of nitrogens with zero attached hydrogens (tertiary/aromatic N) is 2. The summed E-state index contributed by atoms with van der Waals surface area (Å²) in [5.74, 6) is 0.183. The van der Waals surface area contributed by atoms with Gasteiger partial charge in [0.2, 0.25) is 0 Å². The van der Waals surface area contributed by atoms with Crippen molar-refractivity contribution in [2.24, 2.45) is 5.92 Å². The van der Waals surface area contributed by atoms with Crippen molar-refractivity contribution in [1.82, 2.24) is 4.98 Å². The Balaban J connectivity index is 2.24. The SMILES string of the molecule is Cc1cnc(CC(=O)C2CC2)c([N+](=O)[O-])c1. The number of aryl methyl sites for hydroxylation is 1. The molecule has 0 N–H and O–H groups in total. The van der Waals surface area contributed by atoms with E-state index in [1.807, 2.05) is 0 Å². The molecule has 1 fully saturated rings. The van der Waals surface area contributed by atoms with E-state index in [0.717, 1.165) is 18.4 Å². The van der Waals surface area contributed by atoms with Crippen molar-refractivity contribution in [1.29, 1.82) is 0 Å². The third-order valence-electron chi connectivity index (χ3n) is 2.66. The molecule has 0 aromatic carbocycles. The van der Waals surface area contributed by atoms with Gasteiger partial charge in [0.25, 0.3) is 5.69 Å². The second kappa shape index (κ2) is 4.00. The highest BCUT2D eigenvalue weighted by Gasteiger charge is 2.31. The summed E-state index contributed by atoms with van der Waals surface area (Å²) in [4.78, 5) is 25.9. The van der Waals surface area contributed by atoms with Crippen molar-refractivity contribution >= 4 is 11.5 Å². The second-order valence-corrected chi connectivity index (χ2v) is 4.15. The van der Waals surface area contributed by atoms with Gasteiger partial charge in [-0.3, -0.25) is 19.9 Å². The molecule has 1 heterocycles. The Morgan fingerprint density at radius 2 is 2.31 bits per heavy atom. The van der Waals surface area contributed by atoms with Crippen LogP contribution in [0.4, 0.5) is 5.69 Å². The van der Waals surface area contributed by atoms with E-state index in [9.17, 15) is 14.9 Å². The summed E-state index contributed by atoms with van der Waals surface area (Å²) in [6, 6.07) is 1.46. The van der Waals surface area contributed by atoms with Gasteiger partial charge in [0, 0.05) is 18.2 Å². The predicted octanol–water partition coefficient (Wildman–Crippen LogP) is 1.82. The number of hydrogen-bond donors (Lipinski definition) is 0. The van der Waals surface area contributed by atoms with Crippen LogP contribution in [-0.4, -0.2) is 15.7 Å². The molecule has 1 aliphatic rings. The van der Waals surface area contributed by atoms with Crippen LogP contribution in [-0.2, 0) is 11.2 Å². The van der Waals surface area contributed by atoms with E-state index in [2.05, 4.69) is 4.98 Å². The fourth-order valence-electron chi connectivity index (χ4n) is 1.59. The maximum Gasteiger partial charge on any atom is 0.291 e. The van der Waals surface area contributed by atoms with Gasteiger partial charge in [-0.1, -0.05) is 0 Å². The first-order valence-corrected chi connectivity index (χ1v) is 5.20. The van der Waals surface area contributed by atoms with Crippen molar-refractivity contribution < 1.29 is 9.72 Å². The molecule has 0 atom stereocenters. The summed E-state index contributed by atoms with van der Waals surface area (Å²) < 4.78 is 0. The Kier molecular flexibility index (Phi) is 2.68. The topological polar surface area (TPSA) is 73.1 Å². The highest BCUT2D eigenvalue weighted by Crippen LogP contribution is 2.31. The number of aromatic nitrogens is 1. The zero-order chi connectivity index (χ0) is 11.7. The molecule has 0 spiro atoms. The van der Waals surface area contributed by atoms with Crippen molar-refractivity contribution in [2.75, 3.05) is 0 Å². The lowest BCUT2D eigenvalue weighted by Gasteiger charge is -2.01. The van der Waals surface area contributed by atoms with Crippen LogP contribution in [0.5, 0.6) is 0 Å². The molecule has 84 valence electrons. The Bertz CT molecular complexity index is 453. The fraction of sp³-hybridized carbons (Fsp3) is 0.455. The van der Waals surface area contributed by atoms with Gasteiger partial charge in [-0.15, -0.1) is 0 Å². The molecule has 0 aliphatic heterocycles. The summed E-state index contributed by atoms with van der Waals surface area (Å²) in [5, 5.41) is 10.8. The Morgan fingerprint density at radius 1 is 1.62 bits per heavy atom. The maximum atomic E-state index is 11.6. The van der Waals surface area contributed by atoms with Crippen LogP contribution in [0.2, 0.25) is 0 Å². The zero-order valence-corrected chi connectivity index (χ0v) is 8.97. The van der Waals surface area contributed by atoms with Gasteiger partial charge in [-0.05, 0) is 25.3 Å². The van der Waals surface area contributed by atoms with Crippen molar-refractivity contribution in [2.45, 2.75) is 26.2 Å². The third-order valence-corrected chi connectivity index (χ3v) is 2.66. The summed E-state index contributed by atoms with van der Waals surface area (Å²) in [6.07, 6.45) is 3.47. The van der Waals surface area contributed by atoms with Crippen LogP contribution in [0.25, 0.3) is 0 Å². The number of nitro groups is 1. The lowest BCUT2D eigenvalue weighted by Crippen LogP contribution is -2.09. The van der Waals surface area contributed by atoms with E-state index < -0.39 is 4.92 Å². The fourth-order valence-corrected chi connectivity index (χ4v) is 1.59. The molecule has 2 rings (SSSR count). The standard InChI is InChI=1S/C11H12N2O3/c1-7-4-10(13(15)16)9(12-6-7)5-11(14)8-2-3-8/h4,6,8H,2-3,5H2,1H3. The van der Waals surface area contributed by atoms with Gasteiger partial charge in [0.15, 0.2) is 0 Å². The molecular weight excluding hydrogens is 208 g/mol. The second-order valence-electron chi connectivity index (χ2n) is 4.15. The average Bonchev–Trinajstić information content (AvgIpc) is 3.03.